The van der Waals surface area contributed by atoms with E-state index in [0.29, 0.717) is 23.0 Å². The number of carboxylic acid groups (broad SMARTS) is 1. The Morgan fingerprint density at radius 3 is 2.83 bits per heavy atom. The van der Waals surface area contributed by atoms with E-state index < -0.39 is 15.8 Å². The van der Waals surface area contributed by atoms with Crippen LogP contribution in [0.2, 0.25) is 0 Å². The molecule has 2 rings (SSSR count). The first-order chi connectivity index (χ1) is 8.37. The average Bonchev–Trinajstić information content (AvgIpc) is 2.79. The third-order valence-corrected chi connectivity index (χ3v) is 5.63. The first-order valence-electron chi connectivity index (χ1n) is 5.52. The summed E-state index contributed by atoms with van der Waals surface area (Å²) in [6.07, 6.45) is 0.658. The molecule has 1 saturated heterocycles. The molecule has 2 heterocycles. The third-order valence-electron chi connectivity index (χ3n) is 2.87. The van der Waals surface area contributed by atoms with Crippen LogP contribution in [0.15, 0.2) is 0 Å². The normalized spacial score (nSPS) is 21.9. The lowest BCUT2D eigenvalue weighted by Crippen LogP contribution is -2.15. The molecule has 0 aromatic carbocycles. The predicted molar refractivity (Wildman–Crippen MR) is 69.1 cm³/mol. The molecule has 100 valence electrons. The summed E-state index contributed by atoms with van der Waals surface area (Å²) in [4.78, 5) is 15.4. The van der Waals surface area contributed by atoms with E-state index in [1.54, 1.807) is 6.92 Å². The molecule has 1 aliphatic heterocycles. The minimum atomic E-state index is -2.87. The van der Waals surface area contributed by atoms with E-state index >= 15 is 0 Å². The van der Waals surface area contributed by atoms with E-state index in [9.17, 15) is 13.2 Å². The fraction of sp³-hybridized carbons (Fsp3) is 0.600. The summed E-state index contributed by atoms with van der Waals surface area (Å²) in [6.45, 7) is 2.22. The maximum absolute atomic E-state index is 11.3. The molecule has 18 heavy (non-hydrogen) atoms. The van der Waals surface area contributed by atoms with Crippen LogP contribution in [-0.2, 0) is 9.84 Å². The fourth-order valence-electron chi connectivity index (χ4n) is 1.94. The van der Waals surface area contributed by atoms with Gasteiger partial charge in [0.05, 0.1) is 11.5 Å². The van der Waals surface area contributed by atoms with Crippen molar-refractivity contribution in [1.82, 2.24) is 4.98 Å². The number of sulfone groups is 1. The summed E-state index contributed by atoms with van der Waals surface area (Å²) in [6, 6.07) is 0. The van der Waals surface area contributed by atoms with Crippen LogP contribution in [0.4, 0.5) is 5.13 Å². The highest BCUT2D eigenvalue weighted by molar-refractivity contribution is 7.91. The van der Waals surface area contributed by atoms with Crippen molar-refractivity contribution < 1.29 is 18.3 Å². The number of nitrogens with zero attached hydrogens (tertiary/aromatic N) is 1. The first kappa shape index (κ1) is 13.3. The van der Waals surface area contributed by atoms with Crippen molar-refractivity contribution in [2.45, 2.75) is 13.3 Å². The summed E-state index contributed by atoms with van der Waals surface area (Å²) < 4.78 is 22.6. The number of aryl methyl sites for hydroxylation is 1. The number of hydrogen-bond donors (Lipinski definition) is 2. The zero-order valence-corrected chi connectivity index (χ0v) is 11.5. The Kier molecular flexibility index (Phi) is 3.58. The second kappa shape index (κ2) is 4.85. The van der Waals surface area contributed by atoms with E-state index in [4.69, 9.17) is 5.11 Å². The molecule has 1 aliphatic rings. The first-order valence-corrected chi connectivity index (χ1v) is 8.16. The van der Waals surface area contributed by atoms with Gasteiger partial charge in [0.15, 0.2) is 20.7 Å². The molecule has 6 nitrogen and oxygen atoms in total. The zero-order chi connectivity index (χ0) is 13.3. The van der Waals surface area contributed by atoms with E-state index in [1.807, 2.05) is 0 Å². The number of carboxylic acids is 1. The van der Waals surface area contributed by atoms with Gasteiger partial charge in [-0.2, -0.15) is 0 Å². The number of carbonyl (C=O) groups is 1. The van der Waals surface area contributed by atoms with Gasteiger partial charge in [0, 0.05) is 11.4 Å². The molecule has 0 aliphatic carbocycles. The van der Waals surface area contributed by atoms with Gasteiger partial charge in [-0.25, -0.2) is 18.2 Å². The largest absolute Gasteiger partial charge is 0.476 e. The van der Waals surface area contributed by atoms with Crippen LogP contribution in [-0.4, -0.2) is 42.5 Å². The summed E-state index contributed by atoms with van der Waals surface area (Å²) >= 11 is 1.27. The van der Waals surface area contributed by atoms with E-state index in [0.717, 1.165) is 0 Å². The summed E-state index contributed by atoms with van der Waals surface area (Å²) in [5.41, 5.74) is 0.0570. The number of hydrogen-bond acceptors (Lipinski definition) is 6. The molecule has 0 bridgehead atoms. The number of nitrogens with one attached hydrogen (secondary N) is 1. The zero-order valence-electron chi connectivity index (χ0n) is 9.84. The van der Waals surface area contributed by atoms with Gasteiger partial charge in [-0.1, -0.05) is 0 Å². The number of rotatable bonds is 4. The van der Waals surface area contributed by atoms with Gasteiger partial charge in [0.2, 0.25) is 0 Å². The molecule has 1 unspecified atom stereocenters. The van der Waals surface area contributed by atoms with Crippen LogP contribution in [0, 0.1) is 12.8 Å². The monoisotopic (exact) mass is 290 g/mol. The molecular formula is C10H14N2O4S2. The van der Waals surface area contributed by atoms with Crippen molar-refractivity contribution in [3.63, 3.8) is 0 Å². The van der Waals surface area contributed by atoms with Gasteiger partial charge in [-0.05, 0) is 19.3 Å². The minimum absolute atomic E-state index is 0.0570. The SMILES string of the molecule is Cc1sc(NCC2CCS(=O)(=O)C2)nc1C(=O)O. The maximum atomic E-state index is 11.3. The Morgan fingerprint density at radius 1 is 1.61 bits per heavy atom. The number of thiazole rings is 1. The van der Waals surface area contributed by atoms with Crippen molar-refractivity contribution in [3.05, 3.63) is 10.6 Å². The molecule has 2 N–H and O–H groups in total. The number of aromatic carboxylic acids is 1. The number of anilines is 1. The highest BCUT2D eigenvalue weighted by Gasteiger charge is 2.27. The highest BCUT2D eigenvalue weighted by Crippen LogP contribution is 2.24. The number of aromatic nitrogens is 1. The van der Waals surface area contributed by atoms with Crippen molar-refractivity contribution in [3.8, 4) is 0 Å². The van der Waals surface area contributed by atoms with Gasteiger partial charge in [0.25, 0.3) is 0 Å². The lowest BCUT2D eigenvalue weighted by atomic mass is 10.1. The van der Waals surface area contributed by atoms with Crippen molar-refractivity contribution in [2.24, 2.45) is 5.92 Å². The van der Waals surface area contributed by atoms with Crippen molar-refractivity contribution in [1.29, 1.82) is 0 Å². The summed E-state index contributed by atoms with van der Waals surface area (Å²) in [5.74, 6) is -0.500. The Morgan fingerprint density at radius 2 is 2.33 bits per heavy atom. The van der Waals surface area contributed by atoms with Gasteiger partial charge < -0.3 is 10.4 Å². The third kappa shape index (κ3) is 2.99. The van der Waals surface area contributed by atoms with E-state index in [-0.39, 0.29) is 23.1 Å². The molecule has 0 saturated carbocycles. The van der Waals surface area contributed by atoms with Gasteiger partial charge in [-0.15, -0.1) is 11.3 Å². The van der Waals surface area contributed by atoms with Crippen LogP contribution in [0.5, 0.6) is 0 Å². The Balaban J connectivity index is 1.95. The predicted octanol–water partition coefficient (Wildman–Crippen LogP) is 0.996. The lowest BCUT2D eigenvalue weighted by molar-refractivity contribution is 0.0690. The molecule has 1 aromatic rings. The fourth-order valence-corrected chi connectivity index (χ4v) is 4.61. The molecular weight excluding hydrogens is 276 g/mol. The highest BCUT2D eigenvalue weighted by atomic mass is 32.2. The molecule has 0 amide bonds. The Hall–Kier alpha value is -1.15. The van der Waals surface area contributed by atoms with Gasteiger partial charge in [-0.3, -0.25) is 0 Å². The standard InChI is InChI=1S/C10H14N2O4S2/c1-6-8(9(13)14)12-10(17-6)11-4-7-2-3-18(15,16)5-7/h7H,2-5H2,1H3,(H,11,12)(H,13,14). The van der Waals surface area contributed by atoms with Crippen LogP contribution >= 0.6 is 11.3 Å². The second-order valence-electron chi connectivity index (χ2n) is 4.38. The van der Waals surface area contributed by atoms with E-state index in [1.165, 1.54) is 11.3 Å². The molecule has 0 radical (unpaired) electrons. The molecule has 1 aromatic heterocycles. The lowest BCUT2D eigenvalue weighted by Gasteiger charge is -2.07. The Bertz CT molecular complexity index is 564. The Labute approximate surface area is 109 Å². The smallest absolute Gasteiger partial charge is 0.355 e. The van der Waals surface area contributed by atoms with Gasteiger partial charge >= 0.3 is 5.97 Å². The quantitative estimate of drug-likeness (QED) is 0.858. The van der Waals surface area contributed by atoms with Crippen molar-refractivity contribution >= 4 is 32.3 Å². The van der Waals surface area contributed by atoms with Crippen molar-refractivity contribution in [2.75, 3.05) is 23.4 Å². The summed E-state index contributed by atoms with van der Waals surface area (Å²) in [7, 11) is -2.87. The average molecular weight is 290 g/mol. The van der Waals surface area contributed by atoms with E-state index in [2.05, 4.69) is 10.3 Å². The molecule has 0 spiro atoms. The summed E-state index contributed by atoms with van der Waals surface area (Å²) in [5, 5.41) is 12.4. The van der Waals surface area contributed by atoms with Gasteiger partial charge in [0.1, 0.15) is 0 Å². The minimum Gasteiger partial charge on any atom is -0.476 e. The maximum Gasteiger partial charge on any atom is 0.355 e. The molecule has 1 fully saturated rings. The second-order valence-corrected chi connectivity index (χ2v) is 7.81. The molecule has 1 atom stereocenters. The van der Waals surface area contributed by atoms with Crippen LogP contribution in [0.3, 0.4) is 0 Å². The van der Waals surface area contributed by atoms with Crippen LogP contribution in [0.25, 0.3) is 0 Å². The molecule has 8 heteroatoms. The topological polar surface area (TPSA) is 96.4 Å². The van der Waals surface area contributed by atoms with Crippen LogP contribution in [0.1, 0.15) is 21.8 Å². The van der Waals surface area contributed by atoms with Crippen LogP contribution < -0.4 is 5.32 Å².